The minimum Gasteiger partial charge on any atom is -0.462 e. The minimum atomic E-state index is -0.553. The van der Waals surface area contributed by atoms with Crippen LogP contribution in [0.5, 0.6) is 0 Å². The number of thiophene rings is 2. The third-order valence-corrected chi connectivity index (χ3v) is 5.84. The van der Waals surface area contributed by atoms with Crippen molar-refractivity contribution in [3.05, 3.63) is 67.4 Å². The first-order valence-corrected chi connectivity index (χ1v) is 10.1. The van der Waals surface area contributed by atoms with Crippen molar-refractivity contribution in [2.24, 2.45) is 0 Å². The number of nitro groups is 1. The summed E-state index contributed by atoms with van der Waals surface area (Å²) >= 11 is 8.50. The average molecular weight is 437 g/mol. The molecule has 1 aromatic carbocycles. The van der Waals surface area contributed by atoms with Gasteiger partial charge in [0.1, 0.15) is 10.6 Å². The van der Waals surface area contributed by atoms with Crippen molar-refractivity contribution in [3.8, 4) is 10.4 Å². The van der Waals surface area contributed by atoms with Crippen molar-refractivity contribution in [1.29, 1.82) is 0 Å². The lowest BCUT2D eigenvalue weighted by atomic mass is 10.1. The smallest absolute Gasteiger partial charge is 0.341 e. The summed E-state index contributed by atoms with van der Waals surface area (Å²) in [6.45, 7) is 1.89. The number of nitrogens with one attached hydrogen (secondary N) is 1. The molecule has 1 N–H and O–H groups in total. The summed E-state index contributed by atoms with van der Waals surface area (Å²) in [5, 5.41) is 15.5. The van der Waals surface area contributed by atoms with Crippen molar-refractivity contribution >= 4 is 56.8 Å². The van der Waals surface area contributed by atoms with Crippen LogP contribution in [-0.4, -0.2) is 23.4 Å². The topological polar surface area (TPSA) is 98.5 Å². The highest BCUT2D eigenvalue weighted by Crippen LogP contribution is 2.40. The Balaban J connectivity index is 1.92. The van der Waals surface area contributed by atoms with Crippen LogP contribution < -0.4 is 5.32 Å². The Morgan fingerprint density at radius 3 is 2.50 bits per heavy atom. The SMILES string of the molecule is CCOC(=O)c1c(-c2ccc(Cl)s2)csc1NC(=O)c1ccc([N+](=O)[O-])cc1. The van der Waals surface area contributed by atoms with Crippen LogP contribution in [0.3, 0.4) is 0 Å². The fourth-order valence-corrected chi connectivity index (χ4v) is 4.49. The molecule has 28 heavy (non-hydrogen) atoms. The van der Waals surface area contributed by atoms with Gasteiger partial charge >= 0.3 is 5.97 Å². The maximum absolute atomic E-state index is 12.5. The quantitative estimate of drug-likeness (QED) is 0.314. The third-order valence-electron chi connectivity index (χ3n) is 3.68. The number of carbonyl (C=O) groups excluding carboxylic acids is 2. The summed E-state index contributed by atoms with van der Waals surface area (Å²) < 4.78 is 5.71. The standard InChI is InChI=1S/C18H13ClN2O5S2/c1-2-26-18(23)15-12(13-7-8-14(19)28-13)9-27-17(15)20-16(22)10-3-5-11(6-4-10)21(24)25/h3-9H,2H2,1H3,(H,20,22). The van der Waals surface area contributed by atoms with Crippen LogP contribution in [0.4, 0.5) is 10.7 Å². The summed E-state index contributed by atoms with van der Waals surface area (Å²) in [7, 11) is 0. The van der Waals surface area contributed by atoms with Crippen LogP contribution in [-0.2, 0) is 4.74 Å². The minimum absolute atomic E-state index is 0.114. The van der Waals surface area contributed by atoms with E-state index < -0.39 is 16.8 Å². The predicted molar refractivity (Wildman–Crippen MR) is 110 cm³/mol. The highest BCUT2D eigenvalue weighted by Gasteiger charge is 2.24. The number of halogens is 1. The zero-order valence-corrected chi connectivity index (χ0v) is 16.8. The van der Waals surface area contributed by atoms with Gasteiger partial charge in [-0.25, -0.2) is 4.79 Å². The van der Waals surface area contributed by atoms with Crippen molar-refractivity contribution in [2.75, 3.05) is 11.9 Å². The normalized spacial score (nSPS) is 10.5. The zero-order valence-electron chi connectivity index (χ0n) is 14.4. The van der Waals surface area contributed by atoms with Crippen LogP contribution in [0.2, 0.25) is 4.34 Å². The van der Waals surface area contributed by atoms with Gasteiger partial charge in [-0.1, -0.05) is 11.6 Å². The molecule has 2 heterocycles. The molecule has 0 saturated carbocycles. The molecule has 0 aliphatic carbocycles. The molecule has 0 fully saturated rings. The van der Waals surface area contributed by atoms with Gasteiger partial charge in [-0.3, -0.25) is 14.9 Å². The second-order valence-corrected chi connectivity index (χ2v) is 8.03. The van der Waals surface area contributed by atoms with Gasteiger partial charge in [0, 0.05) is 33.5 Å². The lowest BCUT2D eigenvalue weighted by molar-refractivity contribution is -0.384. The number of hydrogen-bond donors (Lipinski definition) is 1. The first kappa shape index (κ1) is 20.0. The molecule has 7 nitrogen and oxygen atoms in total. The Bertz CT molecular complexity index is 1040. The zero-order chi connectivity index (χ0) is 20.3. The van der Waals surface area contributed by atoms with Crippen molar-refractivity contribution < 1.29 is 19.2 Å². The number of nitrogens with zero attached hydrogens (tertiary/aromatic N) is 1. The molecule has 3 aromatic rings. The van der Waals surface area contributed by atoms with E-state index in [9.17, 15) is 19.7 Å². The van der Waals surface area contributed by atoms with Crippen LogP contribution >= 0.6 is 34.3 Å². The molecular formula is C18H13ClN2O5S2. The molecular weight excluding hydrogens is 424 g/mol. The highest BCUT2D eigenvalue weighted by atomic mass is 35.5. The molecule has 1 amide bonds. The number of rotatable bonds is 6. The monoisotopic (exact) mass is 436 g/mol. The molecule has 0 saturated heterocycles. The van der Waals surface area contributed by atoms with Gasteiger partial charge in [0.05, 0.1) is 15.9 Å². The largest absolute Gasteiger partial charge is 0.462 e. The van der Waals surface area contributed by atoms with Gasteiger partial charge < -0.3 is 10.1 Å². The Morgan fingerprint density at radius 2 is 1.93 bits per heavy atom. The first-order valence-electron chi connectivity index (χ1n) is 8.00. The Hall–Kier alpha value is -2.75. The van der Waals surface area contributed by atoms with Gasteiger partial charge in [-0.05, 0) is 31.2 Å². The number of anilines is 1. The van der Waals surface area contributed by atoms with E-state index >= 15 is 0 Å². The lowest BCUT2D eigenvalue weighted by Crippen LogP contribution is -2.14. The van der Waals surface area contributed by atoms with Gasteiger partial charge in [0.25, 0.3) is 11.6 Å². The molecule has 0 spiro atoms. The van der Waals surface area contributed by atoms with E-state index in [0.29, 0.717) is 14.9 Å². The summed E-state index contributed by atoms with van der Waals surface area (Å²) in [5.41, 5.74) is 0.992. The maximum atomic E-state index is 12.5. The molecule has 2 aromatic heterocycles. The van der Waals surface area contributed by atoms with E-state index in [1.54, 1.807) is 24.4 Å². The van der Waals surface area contributed by atoms with Crippen LogP contribution in [0.25, 0.3) is 10.4 Å². The van der Waals surface area contributed by atoms with E-state index in [1.165, 1.54) is 46.9 Å². The van der Waals surface area contributed by atoms with Crippen molar-refractivity contribution in [3.63, 3.8) is 0 Å². The van der Waals surface area contributed by atoms with E-state index in [2.05, 4.69) is 5.32 Å². The van der Waals surface area contributed by atoms with E-state index in [1.807, 2.05) is 0 Å². The molecule has 0 radical (unpaired) electrons. The number of nitro benzene ring substituents is 1. The molecule has 0 unspecified atom stereocenters. The van der Waals surface area contributed by atoms with Gasteiger partial charge in [0.15, 0.2) is 0 Å². The number of benzene rings is 1. The molecule has 144 valence electrons. The second-order valence-electron chi connectivity index (χ2n) is 5.44. The fraction of sp³-hybridized carbons (Fsp3) is 0.111. The Labute approximate surface area is 172 Å². The fourth-order valence-electron chi connectivity index (χ4n) is 2.41. The highest BCUT2D eigenvalue weighted by molar-refractivity contribution is 7.20. The van der Waals surface area contributed by atoms with Gasteiger partial charge in [-0.2, -0.15) is 0 Å². The number of esters is 1. The van der Waals surface area contributed by atoms with E-state index in [4.69, 9.17) is 16.3 Å². The summed E-state index contributed by atoms with van der Waals surface area (Å²) in [6.07, 6.45) is 0. The van der Waals surface area contributed by atoms with E-state index in [-0.39, 0.29) is 23.4 Å². The van der Waals surface area contributed by atoms with Gasteiger partial charge in [-0.15, -0.1) is 22.7 Å². The number of hydrogen-bond acceptors (Lipinski definition) is 7. The molecule has 10 heteroatoms. The second kappa shape index (κ2) is 8.51. The molecule has 0 atom stereocenters. The number of amides is 1. The maximum Gasteiger partial charge on any atom is 0.341 e. The third kappa shape index (κ3) is 4.22. The Morgan fingerprint density at radius 1 is 1.21 bits per heavy atom. The lowest BCUT2D eigenvalue weighted by Gasteiger charge is -2.08. The van der Waals surface area contributed by atoms with Crippen LogP contribution in [0, 0.1) is 10.1 Å². The number of carbonyl (C=O) groups is 2. The average Bonchev–Trinajstić information content (AvgIpc) is 3.28. The molecule has 3 rings (SSSR count). The van der Waals surface area contributed by atoms with E-state index in [0.717, 1.165) is 4.88 Å². The van der Waals surface area contributed by atoms with Crippen molar-refractivity contribution in [1.82, 2.24) is 0 Å². The number of non-ortho nitro benzene ring substituents is 1. The molecule has 0 aliphatic heterocycles. The van der Waals surface area contributed by atoms with Gasteiger partial charge in [0.2, 0.25) is 0 Å². The van der Waals surface area contributed by atoms with Crippen molar-refractivity contribution in [2.45, 2.75) is 6.92 Å². The van der Waals surface area contributed by atoms with Crippen LogP contribution in [0.15, 0.2) is 41.8 Å². The summed E-state index contributed by atoms with van der Waals surface area (Å²) in [4.78, 5) is 36.0. The number of ether oxygens (including phenoxy) is 1. The Kier molecular flexibility index (Phi) is 6.08. The van der Waals surface area contributed by atoms with Crippen LogP contribution in [0.1, 0.15) is 27.6 Å². The summed E-state index contributed by atoms with van der Waals surface area (Å²) in [5.74, 6) is -1.04. The molecule has 0 aliphatic rings. The summed E-state index contributed by atoms with van der Waals surface area (Å²) in [6, 6.07) is 8.71. The first-order chi connectivity index (χ1) is 13.4. The predicted octanol–water partition coefficient (Wildman–Crippen LogP) is 5.47. The molecule has 0 bridgehead atoms.